The van der Waals surface area contributed by atoms with Gasteiger partial charge < -0.3 is 4.74 Å². The summed E-state index contributed by atoms with van der Waals surface area (Å²) >= 11 is 0. The maximum atomic E-state index is 12.1. The monoisotopic (exact) mass is 279 g/mol. The van der Waals surface area contributed by atoms with Gasteiger partial charge in [-0.1, -0.05) is 25.5 Å². The SMILES string of the molecule is CCCCOC(=O)C(C)N1CCCC2(CC=CCC2)C1. The van der Waals surface area contributed by atoms with Crippen molar-refractivity contribution in [2.24, 2.45) is 5.41 Å². The van der Waals surface area contributed by atoms with Gasteiger partial charge in [-0.25, -0.2) is 0 Å². The Labute approximate surface area is 123 Å². The summed E-state index contributed by atoms with van der Waals surface area (Å²) in [5, 5.41) is 0. The first-order chi connectivity index (χ1) is 9.67. The van der Waals surface area contributed by atoms with Crippen LogP contribution in [-0.4, -0.2) is 36.6 Å². The van der Waals surface area contributed by atoms with E-state index in [-0.39, 0.29) is 12.0 Å². The van der Waals surface area contributed by atoms with Crippen LogP contribution in [0.15, 0.2) is 12.2 Å². The van der Waals surface area contributed by atoms with Crippen LogP contribution in [0, 0.1) is 5.41 Å². The number of allylic oxidation sites excluding steroid dienone is 2. The number of unbranched alkanes of at least 4 members (excludes halogenated alkanes) is 1. The Morgan fingerprint density at radius 2 is 2.25 bits per heavy atom. The standard InChI is InChI=1S/C17H29NO2/c1-3-4-13-20-16(19)15(2)18-12-8-11-17(14-18)9-6-5-7-10-17/h5-6,15H,3-4,7-14H2,1-2H3. The van der Waals surface area contributed by atoms with E-state index in [1.165, 1.54) is 32.1 Å². The van der Waals surface area contributed by atoms with E-state index in [2.05, 4.69) is 24.0 Å². The highest BCUT2D eigenvalue weighted by atomic mass is 16.5. The Morgan fingerprint density at radius 3 is 2.95 bits per heavy atom. The summed E-state index contributed by atoms with van der Waals surface area (Å²) in [4.78, 5) is 14.5. The molecule has 3 heteroatoms. The Bertz CT molecular complexity index is 353. The molecule has 2 unspecified atom stereocenters. The van der Waals surface area contributed by atoms with Crippen molar-refractivity contribution in [1.82, 2.24) is 4.90 Å². The number of carbonyl (C=O) groups excluding carboxylic acids is 1. The molecule has 0 radical (unpaired) electrons. The summed E-state index contributed by atoms with van der Waals surface area (Å²) in [6.07, 6.45) is 12.8. The van der Waals surface area contributed by atoms with E-state index < -0.39 is 0 Å². The molecule has 2 atom stereocenters. The fourth-order valence-corrected chi connectivity index (χ4v) is 3.48. The van der Waals surface area contributed by atoms with Gasteiger partial charge in [0.1, 0.15) is 6.04 Å². The zero-order valence-electron chi connectivity index (χ0n) is 13.1. The molecule has 0 amide bonds. The number of hydrogen-bond acceptors (Lipinski definition) is 3. The number of carbonyl (C=O) groups is 1. The number of rotatable bonds is 5. The van der Waals surface area contributed by atoms with Crippen LogP contribution in [-0.2, 0) is 9.53 Å². The molecular weight excluding hydrogens is 250 g/mol. The Morgan fingerprint density at radius 1 is 1.40 bits per heavy atom. The Hall–Kier alpha value is -0.830. The zero-order valence-corrected chi connectivity index (χ0v) is 13.1. The average Bonchev–Trinajstić information content (AvgIpc) is 2.47. The summed E-state index contributed by atoms with van der Waals surface area (Å²) in [5.41, 5.74) is 0.422. The molecule has 0 aromatic heterocycles. The van der Waals surface area contributed by atoms with Gasteiger partial charge in [0, 0.05) is 6.54 Å². The average molecular weight is 279 g/mol. The zero-order chi connectivity index (χ0) is 14.4. The van der Waals surface area contributed by atoms with E-state index in [1.807, 2.05) is 6.92 Å². The van der Waals surface area contributed by atoms with Crippen molar-refractivity contribution in [3.63, 3.8) is 0 Å². The molecule has 1 fully saturated rings. The van der Waals surface area contributed by atoms with E-state index in [1.54, 1.807) is 0 Å². The first kappa shape index (κ1) is 15.6. The maximum absolute atomic E-state index is 12.1. The largest absolute Gasteiger partial charge is 0.465 e. The van der Waals surface area contributed by atoms with Crippen molar-refractivity contribution in [2.75, 3.05) is 19.7 Å². The van der Waals surface area contributed by atoms with Crippen molar-refractivity contribution in [2.45, 2.75) is 64.8 Å². The van der Waals surface area contributed by atoms with Crippen LogP contribution in [0.1, 0.15) is 58.8 Å². The highest BCUT2D eigenvalue weighted by Crippen LogP contribution is 2.41. The summed E-state index contributed by atoms with van der Waals surface area (Å²) in [7, 11) is 0. The van der Waals surface area contributed by atoms with Gasteiger partial charge in [0.15, 0.2) is 0 Å². The molecule has 114 valence electrons. The fraction of sp³-hybridized carbons (Fsp3) is 0.824. The molecule has 2 rings (SSSR count). The van der Waals surface area contributed by atoms with Crippen LogP contribution in [0.25, 0.3) is 0 Å². The van der Waals surface area contributed by atoms with E-state index in [0.29, 0.717) is 12.0 Å². The number of hydrogen-bond donors (Lipinski definition) is 0. The topological polar surface area (TPSA) is 29.5 Å². The van der Waals surface area contributed by atoms with E-state index in [4.69, 9.17) is 4.74 Å². The van der Waals surface area contributed by atoms with Crippen LogP contribution in [0.4, 0.5) is 0 Å². The maximum Gasteiger partial charge on any atom is 0.323 e. The van der Waals surface area contributed by atoms with Gasteiger partial charge in [-0.15, -0.1) is 0 Å². The van der Waals surface area contributed by atoms with Crippen LogP contribution in [0.2, 0.25) is 0 Å². The molecule has 0 N–H and O–H groups in total. The third-order valence-corrected chi connectivity index (χ3v) is 4.88. The van der Waals surface area contributed by atoms with E-state index >= 15 is 0 Å². The Balaban J connectivity index is 1.87. The van der Waals surface area contributed by atoms with Gasteiger partial charge in [-0.2, -0.15) is 0 Å². The Kier molecular flexibility index (Phi) is 5.64. The predicted octanol–water partition coefficient (Wildman–Crippen LogP) is 3.54. The first-order valence-corrected chi connectivity index (χ1v) is 8.22. The molecule has 2 aliphatic rings. The summed E-state index contributed by atoms with van der Waals surface area (Å²) < 4.78 is 5.38. The van der Waals surface area contributed by atoms with Gasteiger partial charge in [-0.05, 0) is 57.4 Å². The van der Waals surface area contributed by atoms with Gasteiger partial charge in [-0.3, -0.25) is 9.69 Å². The second-order valence-corrected chi connectivity index (χ2v) is 6.49. The summed E-state index contributed by atoms with van der Waals surface area (Å²) in [6.45, 7) is 6.78. The van der Waals surface area contributed by atoms with Crippen molar-refractivity contribution >= 4 is 5.97 Å². The van der Waals surface area contributed by atoms with Crippen LogP contribution in [0.3, 0.4) is 0 Å². The molecule has 20 heavy (non-hydrogen) atoms. The molecule has 0 aromatic rings. The van der Waals surface area contributed by atoms with Gasteiger partial charge in [0.25, 0.3) is 0 Å². The summed E-state index contributed by atoms with van der Waals surface area (Å²) in [5.74, 6) is -0.0400. The lowest BCUT2D eigenvalue weighted by molar-refractivity contribution is -0.151. The number of ether oxygens (including phenoxy) is 1. The lowest BCUT2D eigenvalue weighted by Gasteiger charge is -2.45. The minimum absolute atomic E-state index is 0.0400. The number of esters is 1. The lowest BCUT2D eigenvalue weighted by Crippen LogP contribution is -2.50. The van der Waals surface area contributed by atoms with Crippen molar-refractivity contribution in [3.8, 4) is 0 Å². The molecule has 1 aliphatic heterocycles. The fourth-order valence-electron chi connectivity index (χ4n) is 3.48. The van der Waals surface area contributed by atoms with Crippen LogP contribution in [0.5, 0.6) is 0 Å². The van der Waals surface area contributed by atoms with Crippen LogP contribution < -0.4 is 0 Å². The minimum atomic E-state index is -0.0880. The van der Waals surface area contributed by atoms with Crippen LogP contribution >= 0.6 is 0 Å². The van der Waals surface area contributed by atoms with Gasteiger partial charge in [0.05, 0.1) is 6.61 Å². The van der Waals surface area contributed by atoms with Gasteiger partial charge >= 0.3 is 5.97 Å². The number of piperidine rings is 1. The molecular formula is C17H29NO2. The molecule has 3 nitrogen and oxygen atoms in total. The lowest BCUT2D eigenvalue weighted by atomic mass is 9.71. The number of nitrogens with zero attached hydrogens (tertiary/aromatic N) is 1. The first-order valence-electron chi connectivity index (χ1n) is 8.22. The second kappa shape index (κ2) is 7.26. The molecule has 1 spiro atoms. The molecule has 0 aromatic carbocycles. The van der Waals surface area contributed by atoms with E-state index in [0.717, 1.165) is 25.9 Å². The quantitative estimate of drug-likeness (QED) is 0.438. The molecule has 1 heterocycles. The molecule has 1 saturated heterocycles. The highest BCUT2D eigenvalue weighted by Gasteiger charge is 2.38. The van der Waals surface area contributed by atoms with E-state index in [9.17, 15) is 4.79 Å². The second-order valence-electron chi connectivity index (χ2n) is 6.49. The highest BCUT2D eigenvalue weighted by molar-refractivity contribution is 5.75. The van der Waals surface area contributed by atoms with Crippen molar-refractivity contribution < 1.29 is 9.53 Å². The van der Waals surface area contributed by atoms with Crippen molar-refractivity contribution in [3.05, 3.63) is 12.2 Å². The van der Waals surface area contributed by atoms with Crippen molar-refractivity contribution in [1.29, 1.82) is 0 Å². The van der Waals surface area contributed by atoms with Gasteiger partial charge in [0.2, 0.25) is 0 Å². The number of likely N-dealkylation sites (tertiary alicyclic amines) is 1. The molecule has 0 bridgehead atoms. The third kappa shape index (κ3) is 3.85. The molecule has 1 aliphatic carbocycles. The minimum Gasteiger partial charge on any atom is -0.465 e. The summed E-state index contributed by atoms with van der Waals surface area (Å²) in [6, 6.07) is -0.0880. The normalized spacial score (nSPS) is 28.5. The predicted molar refractivity (Wildman–Crippen MR) is 81.6 cm³/mol. The molecule has 0 saturated carbocycles. The third-order valence-electron chi connectivity index (χ3n) is 4.88. The smallest absolute Gasteiger partial charge is 0.323 e.